The van der Waals surface area contributed by atoms with Crippen LogP contribution in [-0.2, 0) is 4.79 Å². The zero-order valence-electron chi connectivity index (χ0n) is 7.79. The van der Waals surface area contributed by atoms with Gasteiger partial charge < -0.3 is 10.4 Å². The molecule has 0 aliphatic heterocycles. The van der Waals surface area contributed by atoms with E-state index in [1.807, 2.05) is 0 Å². The van der Waals surface area contributed by atoms with Gasteiger partial charge in [0.15, 0.2) is 0 Å². The van der Waals surface area contributed by atoms with Crippen LogP contribution < -0.4 is 5.32 Å². The van der Waals surface area contributed by atoms with Gasteiger partial charge in [0, 0.05) is 12.6 Å². The Labute approximate surface area is 78.8 Å². The van der Waals surface area contributed by atoms with Crippen molar-refractivity contribution in [1.82, 2.24) is 5.32 Å². The highest BCUT2D eigenvalue weighted by atomic mass is 16.4. The van der Waals surface area contributed by atoms with Crippen molar-refractivity contribution in [3.05, 3.63) is 12.2 Å². The van der Waals surface area contributed by atoms with Crippen LogP contribution in [0, 0.1) is 12.3 Å². The molecule has 3 heteroatoms. The molecule has 0 radical (unpaired) electrons. The van der Waals surface area contributed by atoms with Crippen molar-refractivity contribution >= 4 is 5.97 Å². The average molecular weight is 181 g/mol. The van der Waals surface area contributed by atoms with E-state index < -0.39 is 5.97 Å². The highest BCUT2D eigenvalue weighted by Gasteiger charge is 1.99. The molecule has 0 aliphatic rings. The van der Waals surface area contributed by atoms with E-state index >= 15 is 0 Å². The third kappa shape index (κ3) is 7.10. The van der Waals surface area contributed by atoms with E-state index in [0.29, 0.717) is 6.54 Å². The van der Waals surface area contributed by atoms with Gasteiger partial charge in [0.2, 0.25) is 0 Å². The van der Waals surface area contributed by atoms with E-state index in [2.05, 4.69) is 18.2 Å². The predicted molar refractivity (Wildman–Crippen MR) is 52.3 cm³/mol. The number of nitrogens with one attached hydrogen (secondary N) is 1. The van der Waals surface area contributed by atoms with Gasteiger partial charge in [-0.3, -0.25) is 0 Å². The zero-order valence-corrected chi connectivity index (χ0v) is 7.79. The number of hydrogen-bond donors (Lipinski definition) is 2. The number of carboxylic acids is 1. The van der Waals surface area contributed by atoms with Crippen molar-refractivity contribution in [3.63, 3.8) is 0 Å². The summed E-state index contributed by atoms with van der Waals surface area (Å²) in [6.07, 6.45) is 9.83. The topological polar surface area (TPSA) is 49.3 Å². The van der Waals surface area contributed by atoms with E-state index in [9.17, 15) is 4.79 Å². The Kier molecular flexibility index (Phi) is 6.66. The van der Waals surface area contributed by atoms with Crippen LogP contribution in [0.3, 0.4) is 0 Å². The molecule has 0 bridgehead atoms. The molecule has 0 heterocycles. The van der Waals surface area contributed by atoms with E-state index in [1.165, 1.54) is 0 Å². The zero-order chi connectivity index (χ0) is 10.1. The molecule has 0 fully saturated rings. The van der Waals surface area contributed by atoms with Gasteiger partial charge in [-0.05, 0) is 6.42 Å². The normalized spacial score (nSPS) is 12.6. The van der Waals surface area contributed by atoms with Crippen LogP contribution in [-0.4, -0.2) is 23.7 Å². The molecule has 2 N–H and O–H groups in total. The summed E-state index contributed by atoms with van der Waals surface area (Å²) in [6.45, 7) is 2.56. The molecule has 72 valence electrons. The number of aliphatic carboxylic acids is 1. The van der Waals surface area contributed by atoms with Gasteiger partial charge in [-0.2, -0.15) is 0 Å². The minimum Gasteiger partial charge on any atom is -0.478 e. The molecular formula is C10H15NO2. The van der Waals surface area contributed by atoms with E-state index in [-0.39, 0.29) is 6.04 Å². The Balaban J connectivity index is 3.62. The summed E-state index contributed by atoms with van der Waals surface area (Å²) < 4.78 is 0. The number of hydrogen-bond acceptors (Lipinski definition) is 2. The predicted octanol–water partition coefficient (Wildman–Crippen LogP) is 1.02. The first-order valence-electron chi connectivity index (χ1n) is 4.29. The molecule has 0 spiro atoms. The monoisotopic (exact) mass is 181 g/mol. The van der Waals surface area contributed by atoms with Gasteiger partial charge in [-0.1, -0.05) is 25.3 Å². The molecule has 3 nitrogen and oxygen atoms in total. The van der Waals surface area contributed by atoms with E-state index in [0.717, 1.165) is 18.9 Å². The second kappa shape index (κ2) is 7.38. The highest BCUT2D eigenvalue weighted by molar-refractivity contribution is 5.79. The van der Waals surface area contributed by atoms with Crippen LogP contribution in [0.5, 0.6) is 0 Å². The summed E-state index contributed by atoms with van der Waals surface area (Å²) in [5.41, 5.74) is 0. The summed E-state index contributed by atoms with van der Waals surface area (Å²) in [7, 11) is 0. The van der Waals surface area contributed by atoms with Gasteiger partial charge in [-0.25, -0.2) is 4.79 Å². The molecule has 0 aromatic carbocycles. The van der Waals surface area contributed by atoms with Gasteiger partial charge in [0.05, 0.1) is 6.04 Å². The number of carbonyl (C=O) groups is 1. The summed E-state index contributed by atoms with van der Waals surface area (Å²) in [6, 6.07) is 0.0449. The second-order valence-corrected chi connectivity index (χ2v) is 2.66. The van der Waals surface area contributed by atoms with Crippen LogP contribution in [0.15, 0.2) is 12.2 Å². The standard InChI is InChI=1S/C10H15NO2/c1-3-6-9(4-2)11-8-5-7-10(12)13/h2,5,7,9,11H,3,6,8H2,1H3,(H,12,13)/b7-5+. The molecule has 0 saturated heterocycles. The smallest absolute Gasteiger partial charge is 0.328 e. The summed E-state index contributed by atoms with van der Waals surface area (Å²) in [5, 5.41) is 11.3. The van der Waals surface area contributed by atoms with Crippen molar-refractivity contribution in [1.29, 1.82) is 0 Å². The molecular weight excluding hydrogens is 166 g/mol. The van der Waals surface area contributed by atoms with Crippen molar-refractivity contribution in [2.24, 2.45) is 0 Å². The van der Waals surface area contributed by atoms with Crippen LogP contribution in [0.2, 0.25) is 0 Å². The average Bonchev–Trinajstić information content (AvgIpc) is 2.10. The Morgan fingerprint density at radius 1 is 1.77 bits per heavy atom. The van der Waals surface area contributed by atoms with Crippen LogP contribution in [0.1, 0.15) is 19.8 Å². The van der Waals surface area contributed by atoms with Crippen LogP contribution in [0.4, 0.5) is 0 Å². The maximum absolute atomic E-state index is 10.1. The summed E-state index contributed by atoms with van der Waals surface area (Å²) in [5.74, 6) is 1.66. The third-order valence-corrected chi connectivity index (χ3v) is 1.52. The van der Waals surface area contributed by atoms with Crippen LogP contribution >= 0.6 is 0 Å². The second-order valence-electron chi connectivity index (χ2n) is 2.66. The minimum absolute atomic E-state index is 0.0449. The molecule has 0 amide bonds. The Morgan fingerprint density at radius 3 is 2.92 bits per heavy atom. The first-order chi connectivity index (χ1) is 6.20. The SMILES string of the molecule is C#CC(CCC)NC/C=C/C(=O)O. The molecule has 1 atom stereocenters. The van der Waals surface area contributed by atoms with Gasteiger partial charge in [-0.15, -0.1) is 6.42 Å². The van der Waals surface area contributed by atoms with Gasteiger partial charge in [0.1, 0.15) is 0 Å². The molecule has 0 aromatic rings. The fraction of sp³-hybridized carbons (Fsp3) is 0.500. The maximum Gasteiger partial charge on any atom is 0.328 e. The van der Waals surface area contributed by atoms with E-state index in [4.69, 9.17) is 11.5 Å². The molecule has 0 saturated carbocycles. The molecule has 0 aromatic heterocycles. The Bertz CT molecular complexity index is 215. The quantitative estimate of drug-likeness (QED) is 0.475. The fourth-order valence-corrected chi connectivity index (χ4v) is 0.903. The first kappa shape index (κ1) is 11.7. The lowest BCUT2D eigenvalue weighted by Crippen LogP contribution is -2.27. The first-order valence-corrected chi connectivity index (χ1v) is 4.29. The minimum atomic E-state index is -0.936. The fourth-order valence-electron chi connectivity index (χ4n) is 0.903. The summed E-state index contributed by atoms with van der Waals surface area (Å²) in [4.78, 5) is 10.1. The van der Waals surface area contributed by atoms with Crippen molar-refractivity contribution in [2.75, 3.05) is 6.54 Å². The van der Waals surface area contributed by atoms with E-state index in [1.54, 1.807) is 6.08 Å². The lowest BCUT2D eigenvalue weighted by atomic mass is 10.2. The number of carboxylic acid groups (broad SMARTS) is 1. The Morgan fingerprint density at radius 2 is 2.46 bits per heavy atom. The summed E-state index contributed by atoms with van der Waals surface area (Å²) >= 11 is 0. The third-order valence-electron chi connectivity index (χ3n) is 1.52. The molecule has 13 heavy (non-hydrogen) atoms. The van der Waals surface area contributed by atoms with Crippen molar-refractivity contribution < 1.29 is 9.90 Å². The Hall–Kier alpha value is -1.27. The van der Waals surface area contributed by atoms with Crippen molar-refractivity contribution in [3.8, 4) is 12.3 Å². The largest absolute Gasteiger partial charge is 0.478 e. The maximum atomic E-state index is 10.1. The number of terminal acetylenes is 1. The lowest BCUT2D eigenvalue weighted by molar-refractivity contribution is -0.131. The highest BCUT2D eigenvalue weighted by Crippen LogP contribution is 1.93. The van der Waals surface area contributed by atoms with Gasteiger partial charge in [0.25, 0.3) is 0 Å². The van der Waals surface area contributed by atoms with Gasteiger partial charge >= 0.3 is 5.97 Å². The van der Waals surface area contributed by atoms with Crippen LogP contribution in [0.25, 0.3) is 0 Å². The molecule has 0 aliphatic carbocycles. The number of rotatable bonds is 6. The van der Waals surface area contributed by atoms with Crippen molar-refractivity contribution in [2.45, 2.75) is 25.8 Å². The molecule has 0 rings (SSSR count). The lowest BCUT2D eigenvalue weighted by Gasteiger charge is -2.08. The molecule has 1 unspecified atom stereocenters.